The first-order valence-corrected chi connectivity index (χ1v) is 15.0. The zero-order valence-electron chi connectivity index (χ0n) is 24.9. The Morgan fingerprint density at radius 2 is 1.75 bits per heavy atom. The normalized spacial score (nSPS) is 20.4. The molecule has 2 fully saturated rings. The summed E-state index contributed by atoms with van der Waals surface area (Å²) in [5.41, 5.74) is 2.71. The number of nitrogens with one attached hydrogen (secondary N) is 1. The van der Waals surface area contributed by atoms with Crippen LogP contribution in [0, 0.1) is 0 Å². The van der Waals surface area contributed by atoms with E-state index in [-0.39, 0.29) is 18.0 Å². The molecule has 0 bridgehead atoms. The van der Waals surface area contributed by atoms with Crippen LogP contribution in [0.5, 0.6) is 5.75 Å². The molecule has 1 atom stereocenters. The highest BCUT2D eigenvalue weighted by Crippen LogP contribution is 2.37. The molecule has 0 aliphatic carbocycles. The fraction of sp³-hybridized carbons (Fsp3) is 0.633. The Morgan fingerprint density at radius 1 is 1.05 bits per heavy atom. The van der Waals surface area contributed by atoms with Gasteiger partial charge in [0.05, 0.1) is 19.0 Å². The Kier molecular flexibility index (Phi) is 8.95. The summed E-state index contributed by atoms with van der Waals surface area (Å²) in [5, 5.41) is 3.37. The second-order valence-electron chi connectivity index (χ2n) is 11.5. The molecule has 5 rings (SSSR count). The van der Waals surface area contributed by atoms with E-state index >= 15 is 0 Å². The van der Waals surface area contributed by atoms with Crippen LogP contribution in [0.25, 0.3) is 0 Å². The Balaban J connectivity index is 1.24. The zero-order chi connectivity index (χ0) is 28.2. The van der Waals surface area contributed by atoms with Crippen LogP contribution in [0.4, 0.5) is 28.8 Å². The van der Waals surface area contributed by atoms with Gasteiger partial charge in [0.1, 0.15) is 17.5 Å². The molecule has 3 aliphatic heterocycles. The van der Waals surface area contributed by atoms with Gasteiger partial charge in [0.2, 0.25) is 11.9 Å². The fourth-order valence-corrected chi connectivity index (χ4v) is 6.29. The van der Waals surface area contributed by atoms with Gasteiger partial charge in [-0.3, -0.25) is 9.69 Å². The summed E-state index contributed by atoms with van der Waals surface area (Å²) in [6.07, 6.45) is 6.45. The molecule has 3 aliphatic rings. The second kappa shape index (κ2) is 12.6. The quantitative estimate of drug-likeness (QED) is 0.475. The van der Waals surface area contributed by atoms with Crippen molar-refractivity contribution < 1.29 is 9.53 Å². The van der Waals surface area contributed by atoms with Gasteiger partial charge in [-0.05, 0) is 77.8 Å². The van der Waals surface area contributed by atoms with E-state index in [1.54, 1.807) is 25.3 Å². The van der Waals surface area contributed by atoms with E-state index in [0.29, 0.717) is 5.95 Å². The minimum absolute atomic E-state index is 0.0770. The number of carbonyl (C=O) groups is 1. The number of anilines is 5. The molecule has 218 valence electrons. The summed E-state index contributed by atoms with van der Waals surface area (Å²) in [4.78, 5) is 33.8. The number of methoxy groups -OCH3 is 1. The summed E-state index contributed by atoms with van der Waals surface area (Å²) in [6, 6.07) is 6.18. The number of likely N-dealkylation sites (tertiary alicyclic amines) is 1. The molecule has 2 saturated heterocycles. The van der Waals surface area contributed by atoms with Crippen LogP contribution in [0.1, 0.15) is 46.5 Å². The smallest absolute Gasteiger partial charge is 0.249 e. The molecule has 1 aromatic carbocycles. The third-order valence-electron chi connectivity index (χ3n) is 8.57. The maximum Gasteiger partial charge on any atom is 0.249 e. The van der Waals surface area contributed by atoms with Crippen molar-refractivity contribution in [3.05, 3.63) is 24.4 Å². The summed E-state index contributed by atoms with van der Waals surface area (Å²) in [7, 11) is 3.50. The van der Waals surface area contributed by atoms with Gasteiger partial charge in [0, 0.05) is 51.0 Å². The van der Waals surface area contributed by atoms with Crippen LogP contribution in [-0.2, 0) is 4.79 Å². The molecule has 0 spiro atoms. The number of ether oxygens (including phenoxy) is 1. The van der Waals surface area contributed by atoms with Crippen LogP contribution in [-0.4, -0.2) is 104 Å². The van der Waals surface area contributed by atoms with Gasteiger partial charge < -0.3 is 29.7 Å². The number of carbonyl (C=O) groups excluding carboxylic acids is 1. The maximum atomic E-state index is 13.0. The van der Waals surface area contributed by atoms with Gasteiger partial charge >= 0.3 is 0 Å². The topological polar surface area (TPSA) is 80.3 Å². The van der Waals surface area contributed by atoms with Crippen molar-refractivity contribution in [2.24, 2.45) is 0 Å². The van der Waals surface area contributed by atoms with Gasteiger partial charge in [-0.1, -0.05) is 6.92 Å². The van der Waals surface area contributed by atoms with Crippen LogP contribution in [0.15, 0.2) is 24.4 Å². The molecule has 40 heavy (non-hydrogen) atoms. The number of piperazine rings is 1. The first kappa shape index (κ1) is 28.4. The van der Waals surface area contributed by atoms with Gasteiger partial charge in [-0.15, -0.1) is 0 Å². The van der Waals surface area contributed by atoms with Crippen molar-refractivity contribution in [3.8, 4) is 5.75 Å². The SMILES string of the molecule is CC[C@@H]1C(=O)N(C)c2cnc(Nc3ccc(N4CCN(CCCN5CCCC5)CC4)cc3OC)nc2N1C(C)C. The number of benzene rings is 1. The van der Waals surface area contributed by atoms with Crippen LogP contribution < -0.4 is 24.8 Å². The minimum atomic E-state index is -0.236. The summed E-state index contributed by atoms with van der Waals surface area (Å²) >= 11 is 0. The number of likely N-dealkylation sites (N-methyl/N-ethyl adjacent to an activating group) is 1. The van der Waals surface area contributed by atoms with Gasteiger partial charge in [-0.25, -0.2) is 4.98 Å². The van der Waals surface area contributed by atoms with E-state index in [2.05, 4.69) is 55.9 Å². The van der Waals surface area contributed by atoms with E-state index in [1.165, 1.54) is 51.1 Å². The lowest BCUT2D eigenvalue weighted by Crippen LogP contribution is -2.54. The molecule has 2 aromatic rings. The van der Waals surface area contributed by atoms with Gasteiger partial charge in [0.25, 0.3) is 0 Å². The van der Waals surface area contributed by atoms with Gasteiger partial charge in [-0.2, -0.15) is 4.98 Å². The number of hydrogen-bond donors (Lipinski definition) is 1. The molecule has 10 heteroatoms. The van der Waals surface area contributed by atoms with Crippen molar-refractivity contribution in [2.75, 3.05) is 86.5 Å². The summed E-state index contributed by atoms with van der Waals surface area (Å²) in [6.45, 7) is 15.4. The minimum Gasteiger partial charge on any atom is -0.494 e. The second-order valence-corrected chi connectivity index (χ2v) is 11.5. The van der Waals surface area contributed by atoms with Crippen LogP contribution >= 0.6 is 0 Å². The Morgan fingerprint density at radius 3 is 2.40 bits per heavy atom. The number of fused-ring (bicyclic) bond motifs is 1. The first-order chi connectivity index (χ1) is 19.4. The van der Waals surface area contributed by atoms with E-state index in [9.17, 15) is 4.79 Å². The van der Waals surface area contributed by atoms with Gasteiger partial charge in [0.15, 0.2) is 5.82 Å². The van der Waals surface area contributed by atoms with Crippen molar-refractivity contribution in [1.82, 2.24) is 19.8 Å². The Bertz CT molecular complexity index is 1160. The third-order valence-corrected chi connectivity index (χ3v) is 8.57. The Hall–Kier alpha value is -3.11. The summed E-state index contributed by atoms with van der Waals surface area (Å²) in [5.74, 6) is 2.09. The summed E-state index contributed by atoms with van der Waals surface area (Å²) < 4.78 is 5.79. The average molecular weight is 551 g/mol. The predicted molar refractivity (Wildman–Crippen MR) is 162 cm³/mol. The maximum absolute atomic E-state index is 13.0. The molecule has 1 N–H and O–H groups in total. The molecule has 10 nitrogen and oxygen atoms in total. The number of hydrogen-bond acceptors (Lipinski definition) is 9. The number of nitrogens with zero attached hydrogens (tertiary/aromatic N) is 7. The van der Waals surface area contributed by atoms with E-state index in [4.69, 9.17) is 9.72 Å². The number of amides is 1. The van der Waals surface area contributed by atoms with Crippen molar-refractivity contribution >= 4 is 34.7 Å². The molecule has 4 heterocycles. The molecule has 1 amide bonds. The van der Waals surface area contributed by atoms with Crippen molar-refractivity contribution in [1.29, 1.82) is 0 Å². The molecular weight excluding hydrogens is 504 g/mol. The molecule has 0 unspecified atom stereocenters. The van der Waals surface area contributed by atoms with Crippen LogP contribution in [0.2, 0.25) is 0 Å². The fourth-order valence-electron chi connectivity index (χ4n) is 6.29. The monoisotopic (exact) mass is 550 g/mol. The van der Waals surface area contributed by atoms with E-state index < -0.39 is 0 Å². The van der Waals surface area contributed by atoms with E-state index in [0.717, 1.165) is 55.5 Å². The van der Waals surface area contributed by atoms with E-state index in [1.807, 2.05) is 13.0 Å². The highest BCUT2D eigenvalue weighted by atomic mass is 16.5. The molecule has 0 radical (unpaired) electrons. The average Bonchev–Trinajstić information content (AvgIpc) is 3.49. The number of rotatable bonds is 10. The Labute approximate surface area is 239 Å². The standard InChI is InChI=1S/C30H46N8O2/c1-6-25-29(39)34(4)26-21-31-30(33-28(26)38(25)22(2)3)32-24-11-10-23(20-27(24)40-5)37-18-16-36(17-19-37)15-9-14-35-12-7-8-13-35/h10-11,20-22,25H,6-9,12-19H2,1-5H3,(H,31,32,33)/t25-/m1/s1. The van der Waals surface area contributed by atoms with Crippen molar-refractivity contribution in [2.45, 2.75) is 58.5 Å². The molecular formula is C30H46N8O2. The lowest BCUT2D eigenvalue weighted by Gasteiger charge is -2.42. The zero-order valence-corrected chi connectivity index (χ0v) is 24.9. The first-order valence-electron chi connectivity index (χ1n) is 15.0. The highest BCUT2D eigenvalue weighted by molar-refractivity contribution is 6.04. The number of aromatic nitrogens is 2. The molecule has 0 saturated carbocycles. The predicted octanol–water partition coefficient (Wildman–Crippen LogP) is 3.81. The van der Waals surface area contributed by atoms with Crippen LogP contribution in [0.3, 0.4) is 0 Å². The lowest BCUT2D eigenvalue weighted by atomic mass is 10.1. The van der Waals surface area contributed by atoms with Crippen molar-refractivity contribution in [3.63, 3.8) is 0 Å². The largest absolute Gasteiger partial charge is 0.494 e. The lowest BCUT2D eigenvalue weighted by molar-refractivity contribution is -0.120. The highest BCUT2D eigenvalue weighted by Gasteiger charge is 2.38. The molecule has 1 aromatic heterocycles. The third kappa shape index (κ3) is 5.98.